The van der Waals surface area contributed by atoms with Crippen LogP contribution in [-0.4, -0.2) is 20.8 Å². The second kappa shape index (κ2) is 6.91. The van der Waals surface area contributed by atoms with Gasteiger partial charge in [-0.15, -0.1) is 0 Å². The Morgan fingerprint density at radius 2 is 1.56 bits per heavy atom. The van der Waals surface area contributed by atoms with Crippen molar-refractivity contribution in [2.45, 2.75) is 25.5 Å². The fourth-order valence-corrected chi connectivity index (χ4v) is 2.69. The van der Waals surface area contributed by atoms with Crippen molar-refractivity contribution in [3.05, 3.63) is 84.2 Å². The number of rotatable bonds is 5. The summed E-state index contributed by atoms with van der Waals surface area (Å²) >= 11 is 0. The van der Waals surface area contributed by atoms with Crippen LogP contribution in [0.4, 0.5) is 5.69 Å². The average Bonchev–Trinajstić information content (AvgIpc) is 3.11. The van der Waals surface area contributed by atoms with E-state index in [2.05, 4.69) is 10.4 Å². The predicted octanol–water partition coefficient (Wildman–Crippen LogP) is 3.34. The van der Waals surface area contributed by atoms with E-state index in [0.717, 1.165) is 0 Å². The van der Waals surface area contributed by atoms with Crippen molar-refractivity contribution in [2.75, 3.05) is 5.32 Å². The van der Waals surface area contributed by atoms with Crippen LogP contribution in [0.2, 0.25) is 0 Å². The Kier molecular flexibility index (Phi) is 4.67. The molecule has 1 amide bonds. The molecular formula is C20H21N3O2. The van der Waals surface area contributed by atoms with Gasteiger partial charge in [0.25, 0.3) is 5.91 Å². The van der Waals surface area contributed by atoms with Crippen molar-refractivity contribution in [3.63, 3.8) is 0 Å². The molecule has 0 saturated carbocycles. The molecule has 0 aliphatic rings. The number of aromatic nitrogens is 2. The first-order valence-corrected chi connectivity index (χ1v) is 8.21. The van der Waals surface area contributed by atoms with Gasteiger partial charge in [0.05, 0.1) is 11.9 Å². The van der Waals surface area contributed by atoms with E-state index in [1.807, 2.05) is 26.0 Å². The predicted molar refractivity (Wildman–Crippen MR) is 97.1 cm³/mol. The van der Waals surface area contributed by atoms with E-state index in [9.17, 15) is 9.90 Å². The molecule has 3 aromatic rings. The summed E-state index contributed by atoms with van der Waals surface area (Å²) < 4.78 is 1.75. The molecule has 0 unspecified atom stereocenters. The third-order valence-electron chi connectivity index (χ3n) is 4.10. The lowest BCUT2D eigenvalue weighted by molar-refractivity contribution is -0.131. The molecule has 2 aromatic carbocycles. The standard InChI is InChI=1S/C20H21N3O2/c1-15(2)23-14-18(13-21-23)22-19(24)20(25,16-9-5-3-6-10-16)17-11-7-4-8-12-17/h3-15,25H,1-2H3,(H,22,24). The number of carbonyl (C=O) groups excluding carboxylic acids is 1. The zero-order valence-corrected chi connectivity index (χ0v) is 14.3. The van der Waals surface area contributed by atoms with Crippen molar-refractivity contribution < 1.29 is 9.90 Å². The molecule has 0 saturated heterocycles. The SMILES string of the molecule is CC(C)n1cc(NC(=O)C(O)(c2ccccc2)c2ccccc2)cn1. The highest BCUT2D eigenvalue weighted by atomic mass is 16.3. The molecule has 0 aliphatic carbocycles. The average molecular weight is 335 g/mol. The van der Waals surface area contributed by atoms with E-state index in [4.69, 9.17) is 0 Å². The molecule has 0 bridgehead atoms. The Morgan fingerprint density at radius 3 is 2.00 bits per heavy atom. The molecule has 0 aliphatic heterocycles. The maximum atomic E-state index is 13.0. The van der Waals surface area contributed by atoms with Gasteiger partial charge in [-0.3, -0.25) is 9.48 Å². The monoisotopic (exact) mass is 335 g/mol. The normalized spacial score (nSPS) is 11.5. The van der Waals surface area contributed by atoms with Gasteiger partial charge in [0.1, 0.15) is 0 Å². The quantitative estimate of drug-likeness (QED) is 0.751. The molecule has 128 valence electrons. The molecule has 5 nitrogen and oxygen atoms in total. The summed E-state index contributed by atoms with van der Waals surface area (Å²) in [6, 6.07) is 18.0. The number of amides is 1. The highest BCUT2D eigenvalue weighted by Gasteiger charge is 2.40. The van der Waals surface area contributed by atoms with Crippen LogP contribution in [0.25, 0.3) is 0 Å². The minimum Gasteiger partial charge on any atom is -0.372 e. The Hall–Kier alpha value is -2.92. The van der Waals surface area contributed by atoms with Crippen LogP contribution in [-0.2, 0) is 10.4 Å². The zero-order valence-electron chi connectivity index (χ0n) is 14.3. The van der Waals surface area contributed by atoms with E-state index in [-0.39, 0.29) is 6.04 Å². The van der Waals surface area contributed by atoms with Crippen LogP contribution < -0.4 is 5.32 Å². The Bertz CT molecular complexity index is 802. The summed E-state index contributed by atoms with van der Waals surface area (Å²) in [6.07, 6.45) is 3.33. The smallest absolute Gasteiger partial charge is 0.265 e. The highest BCUT2D eigenvalue weighted by molar-refractivity contribution is 6.00. The van der Waals surface area contributed by atoms with Crippen LogP contribution in [0.5, 0.6) is 0 Å². The van der Waals surface area contributed by atoms with Gasteiger partial charge in [0, 0.05) is 12.2 Å². The van der Waals surface area contributed by atoms with Gasteiger partial charge >= 0.3 is 0 Å². The van der Waals surface area contributed by atoms with Gasteiger partial charge in [0.2, 0.25) is 0 Å². The highest BCUT2D eigenvalue weighted by Crippen LogP contribution is 2.31. The van der Waals surface area contributed by atoms with Crippen molar-refractivity contribution in [2.24, 2.45) is 0 Å². The lowest BCUT2D eigenvalue weighted by atomic mass is 9.85. The molecular weight excluding hydrogens is 314 g/mol. The number of anilines is 1. The number of aliphatic hydroxyl groups is 1. The molecule has 0 radical (unpaired) electrons. The Labute approximate surface area is 146 Å². The third-order valence-corrected chi connectivity index (χ3v) is 4.10. The minimum atomic E-state index is -1.79. The minimum absolute atomic E-state index is 0.188. The maximum absolute atomic E-state index is 13.0. The van der Waals surface area contributed by atoms with Gasteiger partial charge in [-0.05, 0) is 25.0 Å². The third kappa shape index (κ3) is 3.32. The molecule has 0 fully saturated rings. The number of nitrogens with zero attached hydrogens (tertiary/aromatic N) is 2. The zero-order chi connectivity index (χ0) is 17.9. The van der Waals surface area contributed by atoms with Gasteiger partial charge in [0.15, 0.2) is 5.60 Å². The number of hydrogen-bond acceptors (Lipinski definition) is 3. The fourth-order valence-electron chi connectivity index (χ4n) is 2.69. The van der Waals surface area contributed by atoms with E-state index >= 15 is 0 Å². The number of hydrogen-bond donors (Lipinski definition) is 2. The molecule has 3 rings (SSSR count). The van der Waals surface area contributed by atoms with Crippen LogP contribution in [0.3, 0.4) is 0 Å². The van der Waals surface area contributed by atoms with Crippen LogP contribution in [0.1, 0.15) is 31.0 Å². The number of benzene rings is 2. The largest absolute Gasteiger partial charge is 0.372 e. The van der Waals surface area contributed by atoms with Crippen molar-refractivity contribution in [1.82, 2.24) is 9.78 Å². The number of nitrogens with one attached hydrogen (secondary N) is 1. The summed E-state index contributed by atoms with van der Waals surface area (Å²) in [5.41, 5.74) is -0.225. The lowest BCUT2D eigenvalue weighted by Gasteiger charge is -2.27. The molecule has 1 heterocycles. The van der Waals surface area contributed by atoms with Crippen molar-refractivity contribution in [1.29, 1.82) is 0 Å². The van der Waals surface area contributed by atoms with Gasteiger partial charge in [-0.25, -0.2) is 0 Å². The van der Waals surface area contributed by atoms with Crippen LogP contribution in [0, 0.1) is 0 Å². The van der Waals surface area contributed by atoms with Crippen molar-refractivity contribution in [3.8, 4) is 0 Å². The molecule has 5 heteroatoms. The van der Waals surface area contributed by atoms with Crippen molar-refractivity contribution >= 4 is 11.6 Å². The summed E-state index contributed by atoms with van der Waals surface area (Å²) in [5, 5.41) is 18.4. The first-order valence-electron chi connectivity index (χ1n) is 8.21. The molecule has 25 heavy (non-hydrogen) atoms. The van der Waals surface area contributed by atoms with Gasteiger partial charge in [-0.1, -0.05) is 60.7 Å². The topological polar surface area (TPSA) is 67.2 Å². The fraction of sp³-hybridized carbons (Fsp3) is 0.200. The van der Waals surface area contributed by atoms with E-state index < -0.39 is 11.5 Å². The van der Waals surface area contributed by atoms with Gasteiger partial charge < -0.3 is 10.4 Å². The van der Waals surface area contributed by atoms with Gasteiger partial charge in [-0.2, -0.15) is 5.10 Å². The van der Waals surface area contributed by atoms with Crippen LogP contribution >= 0.6 is 0 Å². The molecule has 0 spiro atoms. The van der Waals surface area contributed by atoms with E-state index in [1.54, 1.807) is 65.6 Å². The molecule has 2 N–H and O–H groups in total. The summed E-state index contributed by atoms with van der Waals surface area (Å²) in [4.78, 5) is 13.0. The Balaban J connectivity index is 1.98. The first kappa shape index (κ1) is 16.9. The number of carbonyl (C=O) groups is 1. The summed E-state index contributed by atoms with van der Waals surface area (Å²) in [5.74, 6) is -0.520. The van der Waals surface area contributed by atoms with Crippen LogP contribution in [0.15, 0.2) is 73.1 Å². The first-order chi connectivity index (χ1) is 12.0. The molecule has 1 aromatic heterocycles. The Morgan fingerprint density at radius 1 is 1.04 bits per heavy atom. The molecule has 0 atom stereocenters. The second-order valence-electron chi connectivity index (χ2n) is 6.20. The summed E-state index contributed by atoms with van der Waals surface area (Å²) in [6.45, 7) is 4.01. The maximum Gasteiger partial charge on any atom is 0.265 e. The lowest BCUT2D eigenvalue weighted by Crippen LogP contribution is -2.41. The second-order valence-corrected chi connectivity index (χ2v) is 6.20. The van der Waals surface area contributed by atoms with E-state index in [1.165, 1.54) is 0 Å². The summed E-state index contributed by atoms with van der Waals surface area (Å²) in [7, 11) is 0. The van der Waals surface area contributed by atoms with E-state index in [0.29, 0.717) is 16.8 Å².